The summed E-state index contributed by atoms with van der Waals surface area (Å²) >= 11 is 0. The highest BCUT2D eigenvalue weighted by atomic mass is 28.3. The van der Waals surface area contributed by atoms with E-state index in [2.05, 4.69) is 207 Å². The van der Waals surface area contributed by atoms with E-state index in [1.165, 1.54) is 86.8 Å². The van der Waals surface area contributed by atoms with E-state index in [4.69, 9.17) is 4.74 Å². The summed E-state index contributed by atoms with van der Waals surface area (Å²) in [6, 6.07) is 65.5. The molecule has 0 spiro atoms. The van der Waals surface area contributed by atoms with Gasteiger partial charge < -0.3 is 9.64 Å². The monoisotopic (exact) mass is 775 g/mol. The molecule has 276 valence electrons. The van der Waals surface area contributed by atoms with E-state index in [-0.39, 0.29) is 0 Å². The Labute approximate surface area is 341 Å². The van der Waals surface area contributed by atoms with Gasteiger partial charge in [-0.1, -0.05) is 166 Å². The molecule has 3 aliphatic rings. The highest BCUT2D eigenvalue weighted by molar-refractivity contribution is 7.05. The van der Waals surface area contributed by atoms with E-state index in [0.717, 1.165) is 28.6 Å². The first-order chi connectivity index (χ1) is 28.3. The summed E-state index contributed by atoms with van der Waals surface area (Å²) in [4.78, 5) is 2.47. The Morgan fingerprint density at radius 1 is 0.362 bits per heavy atom. The van der Waals surface area contributed by atoms with Crippen molar-refractivity contribution in [2.75, 3.05) is 4.90 Å². The van der Waals surface area contributed by atoms with Crippen LogP contribution < -0.4 is 30.4 Å². The zero-order valence-electron chi connectivity index (χ0n) is 33.1. The molecular formula is C54H41NOSi2. The molecule has 0 N–H and O–H groups in total. The molecule has 0 atom stereocenters. The van der Waals surface area contributed by atoms with Crippen LogP contribution in [0.2, 0.25) is 26.2 Å². The Bertz CT molecular complexity index is 2990. The van der Waals surface area contributed by atoms with Gasteiger partial charge in [0.15, 0.2) is 11.5 Å². The van der Waals surface area contributed by atoms with Crippen LogP contribution >= 0.6 is 0 Å². The number of rotatable bonds is 3. The molecule has 12 rings (SSSR count). The predicted molar refractivity (Wildman–Crippen MR) is 251 cm³/mol. The SMILES string of the molecule is C[Si]1(C)c2cc3c(cc2-c2c1cc(-c1ccccc1)c1ccccc21)N(c1ccccc1)c1cc2c(cc1O3)[Si](C)(C)c1cc(-c3ccccc3)c3ccccc3c1-2. The lowest BCUT2D eigenvalue weighted by Gasteiger charge is -2.35. The van der Waals surface area contributed by atoms with Crippen LogP contribution in [0.4, 0.5) is 17.1 Å². The Balaban J connectivity index is 1.10. The maximum Gasteiger partial charge on any atom is 0.151 e. The quantitative estimate of drug-likeness (QED) is 0.166. The van der Waals surface area contributed by atoms with E-state index in [1.807, 2.05) is 0 Å². The molecule has 9 aromatic rings. The van der Waals surface area contributed by atoms with Crippen LogP contribution in [0.3, 0.4) is 0 Å². The molecular weight excluding hydrogens is 735 g/mol. The Hall–Kier alpha value is -6.47. The summed E-state index contributed by atoms with van der Waals surface area (Å²) in [6.45, 7) is 10.1. The van der Waals surface area contributed by atoms with Crippen molar-refractivity contribution in [1.29, 1.82) is 0 Å². The van der Waals surface area contributed by atoms with Gasteiger partial charge in [-0.3, -0.25) is 0 Å². The molecule has 0 unspecified atom stereocenters. The van der Waals surface area contributed by atoms with E-state index in [1.54, 1.807) is 0 Å². The lowest BCUT2D eigenvalue weighted by Crippen LogP contribution is -2.49. The molecule has 0 bridgehead atoms. The normalized spacial score (nSPS) is 14.9. The highest BCUT2D eigenvalue weighted by Crippen LogP contribution is 2.54. The minimum atomic E-state index is -2.15. The van der Waals surface area contributed by atoms with E-state index >= 15 is 0 Å². The van der Waals surface area contributed by atoms with Gasteiger partial charge in [-0.15, -0.1) is 0 Å². The molecule has 0 amide bonds. The first kappa shape index (κ1) is 33.7. The van der Waals surface area contributed by atoms with E-state index in [9.17, 15) is 0 Å². The van der Waals surface area contributed by atoms with Crippen molar-refractivity contribution in [1.82, 2.24) is 0 Å². The van der Waals surface area contributed by atoms with E-state index < -0.39 is 16.1 Å². The average molecular weight is 776 g/mol. The number of anilines is 3. The van der Waals surface area contributed by atoms with Gasteiger partial charge in [-0.25, -0.2) is 0 Å². The fourth-order valence-electron chi connectivity index (χ4n) is 10.5. The number of para-hydroxylation sites is 1. The molecule has 3 heterocycles. The Morgan fingerprint density at radius 2 is 0.741 bits per heavy atom. The standard InChI is InChI=1S/C54H41NOSi2/c1-57(2)49-32-47-45(28-43(49)53-39-26-16-14-24-37(39)41(30-51(53)57)34-18-8-5-9-19-34)55(36-22-12-7-13-23-36)46-29-44-50(33-48(46)56-47)58(3,4)52-31-42(35-20-10-6-11-21-35)38-25-15-17-27-40(38)54(44)52/h5-33H,1-4H3. The van der Waals surface area contributed by atoms with Crippen molar-refractivity contribution < 1.29 is 4.74 Å². The van der Waals surface area contributed by atoms with Crippen LogP contribution in [0.15, 0.2) is 176 Å². The summed E-state index contributed by atoms with van der Waals surface area (Å²) < 4.78 is 7.23. The zero-order chi connectivity index (χ0) is 38.9. The van der Waals surface area contributed by atoms with Gasteiger partial charge in [-0.2, -0.15) is 0 Å². The van der Waals surface area contributed by atoms with Crippen LogP contribution in [0.1, 0.15) is 0 Å². The third-order valence-corrected chi connectivity index (χ3v) is 20.4. The summed E-state index contributed by atoms with van der Waals surface area (Å²) in [6.07, 6.45) is 0. The van der Waals surface area contributed by atoms with Gasteiger partial charge in [-0.05, 0) is 123 Å². The highest BCUT2D eigenvalue weighted by Gasteiger charge is 2.44. The van der Waals surface area contributed by atoms with Crippen LogP contribution in [0, 0.1) is 0 Å². The van der Waals surface area contributed by atoms with Gasteiger partial charge in [0.25, 0.3) is 0 Å². The summed E-state index contributed by atoms with van der Waals surface area (Å²) in [5.74, 6) is 1.87. The van der Waals surface area contributed by atoms with Crippen molar-refractivity contribution in [2.24, 2.45) is 0 Å². The van der Waals surface area contributed by atoms with Crippen molar-refractivity contribution in [3.63, 3.8) is 0 Å². The fraction of sp³-hybridized carbons (Fsp3) is 0.0741. The van der Waals surface area contributed by atoms with Crippen LogP contribution in [0.5, 0.6) is 11.5 Å². The van der Waals surface area contributed by atoms with Crippen LogP contribution in [-0.2, 0) is 0 Å². The van der Waals surface area contributed by atoms with Crippen molar-refractivity contribution in [3.8, 4) is 56.0 Å². The minimum absolute atomic E-state index is 0.933. The molecule has 0 radical (unpaired) electrons. The van der Waals surface area contributed by atoms with Crippen molar-refractivity contribution >= 4 is 75.5 Å². The van der Waals surface area contributed by atoms with Gasteiger partial charge in [0, 0.05) is 5.69 Å². The molecule has 4 heteroatoms. The fourth-order valence-corrected chi connectivity index (χ4v) is 16.6. The smallest absolute Gasteiger partial charge is 0.151 e. The maximum absolute atomic E-state index is 7.23. The topological polar surface area (TPSA) is 12.5 Å². The molecule has 9 aromatic carbocycles. The molecule has 0 aliphatic carbocycles. The number of benzene rings is 9. The average Bonchev–Trinajstić information content (AvgIpc) is 3.62. The third kappa shape index (κ3) is 4.58. The van der Waals surface area contributed by atoms with Crippen molar-refractivity contribution in [2.45, 2.75) is 26.2 Å². The summed E-state index contributed by atoms with van der Waals surface area (Å²) in [5, 5.41) is 11.1. The molecule has 2 nitrogen and oxygen atoms in total. The second-order valence-corrected chi connectivity index (χ2v) is 25.9. The molecule has 58 heavy (non-hydrogen) atoms. The van der Waals surface area contributed by atoms with Gasteiger partial charge >= 0.3 is 0 Å². The number of hydrogen-bond donors (Lipinski definition) is 0. The van der Waals surface area contributed by atoms with Gasteiger partial charge in [0.05, 0.1) is 11.4 Å². The minimum Gasteiger partial charge on any atom is -0.453 e. The largest absolute Gasteiger partial charge is 0.453 e. The summed E-state index contributed by atoms with van der Waals surface area (Å²) in [5.41, 5.74) is 13.9. The predicted octanol–water partition coefficient (Wildman–Crippen LogP) is 12.5. The summed E-state index contributed by atoms with van der Waals surface area (Å²) in [7, 11) is -4.30. The Morgan fingerprint density at radius 3 is 1.17 bits per heavy atom. The van der Waals surface area contributed by atoms with Gasteiger partial charge in [0.2, 0.25) is 0 Å². The maximum atomic E-state index is 7.23. The van der Waals surface area contributed by atoms with E-state index in [0.29, 0.717) is 0 Å². The number of ether oxygens (including phenoxy) is 1. The number of hydrogen-bond acceptors (Lipinski definition) is 2. The first-order valence-corrected chi connectivity index (χ1v) is 26.4. The molecule has 3 aliphatic heterocycles. The molecule has 0 saturated carbocycles. The number of nitrogens with zero attached hydrogens (tertiary/aromatic N) is 1. The first-order valence-electron chi connectivity index (χ1n) is 20.4. The second-order valence-electron chi connectivity index (χ2n) is 17.3. The molecule has 0 saturated heterocycles. The van der Waals surface area contributed by atoms with Crippen LogP contribution in [-0.4, -0.2) is 16.1 Å². The Kier molecular flexibility index (Phi) is 6.98. The number of fused-ring (bicyclic) bond motifs is 12. The molecule has 0 aromatic heterocycles. The molecule has 0 fully saturated rings. The third-order valence-electron chi connectivity index (χ3n) is 13.4. The van der Waals surface area contributed by atoms with Gasteiger partial charge in [0.1, 0.15) is 16.1 Å². The second kappa shape index (κ2) is 12.0. The van der Waals surface area contributed by atoms with Crippen LogP contribution in [0.25, 0.3) is 66.1 Å². The zero-order valence-corrected chi connectivity index (χ0v) is 35.1. The lowest BCUT2D eigenvalue weighted by molar-refractivity contribution is 0.478. The van der Waals surface area contributed by atoms with Crippen molar-refractivity contribution in [3.05, 3.63) is 176 Å². The lowest BCUT2D eigenvalue weighted by atomic mass is 9.91.